The van der Waals surface area contributed by atoms with Crippen molar-refractivity contribution in [1.29, 1.82) is 0 Å². The molecule has 56 heavy (non-hydrogen) atoms. The summed E-state index contributed by atoms with van der Waals surface area (Å²) in [5.74, 6) is 3.68. The monoisotopic (exact) mass is 844 g/mol. The minimum Gasteiger partial charge on any atom is -0.497 e. The third-order valence-electron chi connectivity index (χ3n) is 9.66. The number of rotatable bonds is 9. The first-order chi connectivity index (χ1) is 25.9. The first kappa shape index (κ1) is 43.7. The Labute approximate surface area is 344 Å². The summed E-state index contributed by atoms with van der Waals surface area (Å²) in [5.41, 5.74) is 4.64. The van der Waals surface area contributed by atoms with Crippen LogP contribution in [0.1, 0.15) is 105 Å². The number of halogens is 2. The molecule has 0 aliphatic rings. The molecule has 12 heteroatoms. The van der Waals surface area contributed by atoms with Crippen LogP contribution in [-0.4, -0.2) is 28.4 Å². The molecule has 8 nitrogen and oxygen atoms in total. The summed E-state index contributed by atoms with van der Waals surface area (Å²) in [5, 5.41) is 1.62. The quantitative estimate of drug-likeness (QED) is 0.136. The van der Waals surface area contributed by atoms with Gasteiger partial charge in [0.05, 0.1) is 28.4 Å². The predicted molar refractivity (Wildman–Crippen MR) is 234 cm³/mol. The molecule has 0 fully saturated rings. The molecular formula is C44H56Cl2O8P2. The summed E-state index contributed by atoms with van der Waals surface area (Å²) in [6, 6.07) is 15.8. The van der Waals surface area contributed by atoms with Crippen molar-refractivity contribution in [3.63, 3.8) is 0 Å². The summed E-state index contributed by atoms with van der Waals surface area (Å²) in [6.07, 6.45) is 0. The third-order valence-corrected chi connectivity index (χ3v) is 11.4. The van der Waals surface area contributed by atoms with E-state index in [9.17, 15) is 0 Å². The molecule has 1 aromatic heterocycles. The lowest BCUT2D eigenvalue weighted by molar-refractivity contribution is 0.409. The molecule has 0 aliphatic carbocycles. The highest BCUT2D eigenvalue weighted by atomic mass is 35.9. The second kappa shape index (κ2) is 16.1. The van der Waals surface area contributed by atoms with Gasteiger partial charge in [-0.1, -0.05) is 83.1 Å². The average molecular weight is 846 g/mol. The molecule has 0 amide bonds. The average Bonchev–Trinajstić information content (AvgIpc) is 3.24. The maximum atomic E-state index is 7.24. The molecule has 0 atom stereocenters. The SMILES string of the molecule is COc1cc(-c2cc(OC)cc(C(C)(C)C)c2Op2oc3c(C(C)(C)C)cc(OC)cc3c3cc(OC)cc(C(C)(C)C)c3o2)c(OP(Cl)Cl)c(C(C)(C)C)c1. The summed E-state index contributed by atoms with van der Waals surface area (Å²) in [4.78, 5) is 0. The van der Waals surface area contributed by atoms with Gasteiger partial charge < -0.3 is 36.4 Å². The zero-order valence-electron chi connectivity index (χ0n) is 35.5. The largest absolute Gasteiger partial charge is 0.497 e. The standard InChI is InChI=1S/C44H56Cl2O8P2/c1-41(2,3)33-21-25(47-13)17-29(37(33)51-55(45)46)30-18-26(48-14)22-34(42(4,5)6)38(30)52-56-53-39-31(19-27(49-15)23-35(39)43(7,8)9)32-20-28(50-16)24-36(40(32)54-56)44(10,11)12/h17-24H,1-16H3. The van der Waals surface area contributed by atoms with E-state index in [0.29, 0.717) is 56.8 Å². The molecule has 304 valence electrons. The smallest absolute Gasteiger partial charge is 0.453 e. The molecule has 5 aromatic rings. The summed E-state index contributed by atoms with van der Waals surface area (Å²) < 4.78 is 51.3. The zero-order valence-corrected chi connectivity index (χ0v) is 38.8. The van der Waals surface area contributed by atoms with Crippen LogP contribution in [0.25, 0.3) is 33.1 Å². The Balaban J connectivity index is 2.04. The van der Waals surface area contributed by atoms with Crippen LogP contribution < -0.4 is 28.0 Å². The van der Waals surface area contributed by atoms with Crippen molar-refractivity contribution < 1.29 is 36.4 Å². The Kier molecular flexibility index (Phi) is 12.6. The van der Waals surface area contributed by atoms with Crippen molar-refractivity contribution in [1.82, 2.24) is 0 Å². The van der Waals surface area contributed by atoms with Gasteiger partial charge in [0, 0.05) is 44.2 Å². The van der Waals surface area contributed by atoms with Crippen molar-refractivity contribution in [2.24, 2.45) is 0 Å². The molecule has 0 spiro atoms. The Hall–Kier alpha value is -3.41. The highest BCUT2D eigenvalue weighted by Gasteiger charge is 2.32. The van der Waals surface area contributed by atoms with Crippen LogP contribution in [0.4, 0.5) is 0 Å². The van der Waals surface area contributed by atoms with Crippen LogP contribution in [0.3, 0.4) is 0 Å². The van der Waals surface area contributed by atoms with Crippen LogP contribution in [0.5, 0.6) is 34.5 Å². The second-order valence-electron chi connectivity index (χ2n) is 18.0. The first-order valence-corrected chi connectivity index (χ1v) is 22.6. The number of hydrogen-bond donors (Lipinski definition) is 0. The third kappa shape index (κ3) is 9.15. The van der Waals surface area contributed by atoms with E-state index in [0.717, 1.165) is 33.0 Å². The number of benzene rings is 4. The molecule has 0 aliphatic heterocycles. The lowest BCUT2D eigenvalue weighted by atomic mass is 9.81. The number of ether oxygens (including phenoxy) is 4. The molecule has 5 rings (SSSR count). The van der Waals surface area contributed by atoms with Gasteiger partial charge in [-0.25, -0.2) is 0 Å². The van der Waals surface area contributed by atoms with Gasteiger partial charge in [-0.05, 0) is 92.7 Å². The molecular weight excluding hydrogens is 789 g/mol. The van der Waals surface area contributed by atoms with Gasteiger partial charge in [0.1, 0.15) is 45.7 Å². The van der Waals surface area contributed by atoms with E-state index in [-0.39, 0.29) is 16.2 Å². The maximum Gasteiger partial charge on any atom is 0.453 e. The maximum absolute atomic E-state index is 7.24. The fourth-order valence-electron chi connectivity index (χ4n) is 6.65. The Morgan fingerprint density at radius 1 is 0.464 bits per heavy atom. The minimum absolute atomic E-state index is 0.352. The summed E-state index contributed by atoms with van der Waals surface area (Å²) >= 11 is 12.9. The van der Waals surface area contributed by atoms with Crippen LogP contribution in [0, 0.1) is 0 Å². The number of methoxy groups -OCH3 is 4. The van der Waals surface area contributed by atoms with Crippen LogP contribution in [-0.2, 0) is 21.7 Å². The lowest BCUT2D eigenvalue weighted by Crippen LogP contribution is -2.15. The van der Waals surface area contributed by atoms with Crippen molar-refractivity contribution in [2.75, 3.05) is 28.4 Å². The van der Waals surface area contributed by atoms with E-state index in [4.69, 9.17) is 58.9 Å². The molecule has 0 saturated carbocycles. The molecule has 0 radical (unpaired) electrons. The van der Waals surface area contributed by atoms with E-state index in [2.05, 4.69) is 83.1 Å². The summed E-state index contributed by atoms with van der Waals surface area (Å²) in [6.45, 7) is 23.7. The molecule has 4 aromatic carbocycles. The van der Waals surface area contributed by atoms with Gasteiger partial charge in [-0.2, -0.15) is 0 Å². The van der Waals surface area contributed by atoms with E-state index in [1.807, 2.05) is 48.5 Å². The fourth-order valence-corrected chi connectivity index (χ4v) is 8.55. The van der Waals surface area contributed by atoms with Crippen molar-refractivity contribution >= 4 is 59.5 Å². The molecule has 0 unspecified atom stereocenters. The van der Waals surface area contributed by atoms with Gasteiger partial charge in [-0.3, -0.25) is 0 Å². The topological polar surface area (TPSA) is 81.7 Å². The zero-order chi connectivity index (χ0) is 41.7. The Morgan fingerprint density at radius 2 is 0.786 bits per heavy atom. The van der Waals surface area contributed by atoms with Gasteiger partial charge in [0.2, 0.25) is 0 Å². The summed E-state index contributed by atoms with van der Waals surface area (Å²) in [7, 11) is 4.43. The van der Waals surface area contributed by atoms with Gasteiger partial charge in [0.15, 0.2) is 0 Å². The normalized spacial score (nSPS) is 12.6. The number of hydrogen-bond acceptors (Lipinski definition) is 8. The minimum atomic E-state index is -2.20. The molecule has 0 saturated heterocycles. The van der Waals surface area contributed by atoms with Crippen LogP contribution >= 0.6 is 37.6 Å². The Bertz CT molecular complexity index is 2200. The second-order valence-corrected chi connectivity index (χ2v) is 21.9. The van der Waals surface area contributed by atoms with Crippen molar-refractivity contribution in [2.45, 2.75) is 105 Å². The van der Waals surface area contributed by atoms with Crippen LogP contribution in [0.2, 0.25) is 0 Å². The van der Waals surface area contributed by atoms with E-state index < -0.39 is 20.5 Å². The van der Waals surface area contributed by atoms with E-state index in [1.54, 1.807) is 28.4 Å². The van der Waals surface area contributed by atoms with Gasteiger partial charge in [-0.15, -0.1) is 0 Å². The van der Waals surface area contributed by atoms with E-state index in [1.165, 1.54) is 0 Å². The molecule has 0 N–H and O–H groups in total. The number of fused-ring (bicyclic) bond motifs is 3. The van der Waals surface area contributed by atoms with Gasteiger partial charge in [0.25, 0.3) is 6.85 Å². The fraction of sp³-hybridized carbons (Fsp3) is 0.455. The molecule has 0 bridgehead atoms. The highest BCUT2D eigenvalue weighted by Crippen LogP contribution is 2.57. The highest BCUT2D eigenvalue weighted by molar-refractivity contribution is 8.00. The Morgan fingerprint density at radius 3 is 1.12 bits per heavy atom. The van der Waals surface area contributed by atoms with Crippen molar-refractivity contribution in [3.8, 4) is 45.6 Å². The van der Waals surface area contributed by atoms with Gasteiger partial charge >= 0.3 is 8.24 Å². The predicted octanol–water partition coefficient (Wildman–Crippen LogP) is 15.1. The van der Waals surface area contributed by atoms with Crippen LogP contribution in [0.15, 0.2) is 56.9 Å². The van der Waals surface area contributed by atoms with E-state index >= 15 is 0 Å². The molecule has 1 heterocycles. The lowest BCUT2D eigenvalue weighted by Gasteiger charge is -2.28. The first-order valence-electron chi connectivity index (χ1n) is 18.5. The van der Waals surface area contributed by atoms with Crippen molar-refractivity contribution in [3.05, 3.63) is 70.8 Å².